The third-order valence-corrected chi connectivity index (χ3v) is 2.34. The topological polar surface area (TPSA) is 21.7 Å². The molecular formula is C9H19NO2. The van der Waals surface area contributed by atoms with Gasteiger partial charge in [-0.3, -0.25) is 0 Å². The van der Waals surface area contributed by atoms with Crippen LogP contribution in [0, 0.1) is 5.92 Å². The predicted octanol–water partition coefficient (Wildman–Crippen LogP) is 1.30. The first-order chi connectivity index (χ1) is 5.83. The average molecular weight is 173 g/mol. The van der Waals surface area contributed by atoms with Crippen molar-refractivity contribution in [1.82, 2.24) is 4.90 Å². The molecule has 0 bridgehead atoms. The molecule has 0 unspecified atom stereocenters. The number of hydrogen-bond donors (Lipinski definition) is 0. The summed E-state index contributed by atoms with van der Waals surface area (Å²) in [5, 5.41) is 0. The van der Waals surface area contributed by atoms with Gasteiger partial charge in [-0.05, 0) is 45.8 Å². The van der Waals surface area contributed by atoms with E-state index in [0.717, 1.165) is 6.61 Å². The van der Waals surface area contributed by atoms with E-state index in [9.17, 15) is 0 Å². The first-order valence-electron chi connectivity index (χ1n) is 4.76. The van der Waals surface area contributed by atoms with Crippen LogP contribution in [0.4, 0.5) is 0 Å². The van der Waals surface area contributed by atoms with E-state index in [1.54, 1.807) is 0 Å². The Hall–Kier alpha value is -0.120. The van der Waals surface area contributed by atoms with Gasteiger partial charge in [0.05, 0.1) is 13.2 Å². The van der Waals surface area contributed by atoms with E-state index in [1.165, 1.54) is 25.9 Å². The summed E-state index contributed by atoms with van der Waals surface area (Å²) in [6.45, 7) is 5.74. The zero-order valence-corrected chi connectivity index (χ0v) is 8.08. The van der Waals surface area contributed by atoms with Gasteiger partial charge in [0.1, 0.15) is 0 Å². The molecule has 0 spiro atoms. The lowest BCUT2D eigenvalue weighted by molar-refractivity contribution is -0.299. The lowest BCUT2D eigenvalue weighted by Gasteiger charge is -2.28. The van der Waals surface area contributed by atoms with Crippen molar-refractivity contribution in [3.63, 3.8) is 0 Å². The molecule has 0 aromatic heterocycles. The Balaban J connectivity index is 2.01. The molecule has 0 amide bonds. The van der Waals surface area contributed by atoms with E-state index in [-0.39, 0.29) is 0 Å². The molecule has 1 heterocycles. The highest BCUT2D eigenvalue weighted by Crippen LogP contribution is 2.15. The van der Waals surface area contributed by atoms with Gasteiger partial charge in [0, 0.05) is 0 Å². The van der Waals surface area contributed by atoms with Crippen molar-refractivity contribution in [2.24, 2.45) is 5.92 Å². The van der Waals surface area contributed by atoms with Crippen molar-refractivity contribution in [2.75, 3.05) is 33.4 Å². The number of hydrogen-bond acceptors (Lipinski definition) is 3. The molecule has 0 aliphatic carbocycles. The largest absolute Gasteiger partial charge is 0.306 e. The first-order valence-corrected chi connectivity index (χ1v) is 4.76. The quantitative estimate of drug-likeness (QED) is 0.363. The molecule has 0 aromatic carbocycles. The Bertz CT molecular complexity index is 111. The lowest BCUT2D eigenvalue weighted by atomic mass is 9.98. The van der Waals surface area contributed by atoms with Gasteiger partial charge in [-0.2, -0.15) is 0 Å². The number of piperidine rings is 1. The van der Waals surface area contributed by atoms with Crippen molar-refractivity contribution >= 4 is 0 Å². The molecule has 1 aliphatic rings. The third-order valence-electron chi connectivity index (χ3n) is 2.34. The highest BCUT2D eigenvalue weighted by molar-refractivity contribution is 4.68. The second kappa shape index (κ2) is 5.51. The van der Waals surface area contributed by atoms with Crippen LogP contribution < -0.4 is 0 Å². The van der Waals surface area contributed by atoms with Crippen LogP contribution in [0.5, 0.6) is 0 Å². The fourth-order valence-electron chi connectivity index (χ4n) is 1.46. The third kappa shape index (κ3) is 3.52. The predicted molar refractivity (Wildman–Crippen MR) is 47.8 cm³/mol. The minimum Gasteiger partial charge on any atom is -0.306 e. The summed E-state index contributed by atoms with van der Waals surface area (Å²) >= 11 is 0. The minimum atomic E-state index is 0.645. The number of nitrogens with zero attached hydrogens (tertiary/aromatic N) is 1. The van der Waals surface area contributed by atoms with Crippen LogP contribution in [0.3, 0.4) is 0 Å². The molecule has 12 heavy (non-hydrogen) atoms. The van der Waals surface area contributed by atoms with Crippen molar-refractivity contribution in [2.45, 2.75) is 19.8 Å². The zero-order valence-electron chi connectivity index (χ0n) is 8.08. The summed E-state index contributed by atoms with van der Waals surface area (Å²) in [6, 6.07) is 0. The molecule has 1 saturated heterocycles. The van der Waals surface area contributed by atoms with Crippen LogP contribution in [0.25, 0.3) is 0 Å². The van der Waals surface area contributed by atoms with Crippen LogP contribution >= 0.6 is 0 Å². The fourth-order valence-corrected chi connectivity index (χ4v) is 1.46. The van der Waals surface area contributed by atoms with Gasteiger partial charge in [-0.1, -0.05) is 0 Å². The van der Waals surface area contributed by atoms with Crippen LogP contribution in [0.15, 0.2) is 0 Å². The molecule has 1 rings (SSSR count). The summed E-state index contributed by atoms with van der Waals surface area (Å²) in [7, 11) is 2.17. The van der Waals surface area contributed by atoms with Crippen LogP contribution in [-0.4, -0.2) is 38.3 Å². The Morgan fingerprint density at radius 3 is 2.50 bits per heavy atom. The summed E-state index contributed by atoms with van der Waals surface area (Å²) < 4.78 is 0. The van der Waals surface area contributed by atoms with Gasteiger partial charge in [-0.25, -0.2) is 9.78 Å². The standard InChI is InChI=1S/C9H19NO2/c1-3-11-12-8-9-4-6-10(2)7-5-9/h9H,3-8H2,1-2H3. The molecular weight excluding hydrogens is 154 g/mol. The van der Waals surface area contributed by atoms with E-state index < -0.39 is 0 Å². The van der Waals surface area contributed by atoms with E-state index in [2.05, 4.69) is 11.9 Å². The van der Waals surface area contributed by atoms with Gasteiger partial charge in [0.2, 0.25) is 0 Å². The van der Waals surface area contributed by atoms with E-state index in [4.69, 9.17) is 9.78 Å². The maximum atomic E-state index is 5.04. The van der Waals surface area contributed by atoms with Crippen molar-refractivity contribution in [3.05, 3.63) is 0 Å². The van der Waals surface area contributed by atoms with Crippen LogP contribution in [0.2, 0.25) is 0 Å². The molecule has 0 saturated carbocycles. The van der Waals surface area contributed by atoms with Gasteiger partial charge in [-0.15, -0.1) is 0 Å². The Morgan fingerprint density at radius 1 is 1.25 bits per heavy atom. The molecule has 0 aromatic rings. The number of likely N-dealkylation sites (tertiary alicyclic amines) is 1. The summed E-state index contributed by atoms with van der Waals surface area (Å²) in [5.41, 5.74) is 0. The second-order valence-corrected chi connectivity index (χ2v) is 3.44. The Morgan fingerprint density at radius 2 is 1.92 bits per heavy atom. The maximum absolute atomic E-state index is 5.04. The molecule has 72 valence electrons. The van der Waals surface area contributed by atoms with Crippen molar-refractivity contribution in [1.29, 1.82) is 0 Å². The summed E-state index contributed by atoms with van der Waals surface area (Å²) in [4.78, 5) is 12.2. The van der Waals surface area contributed by atoms with E-state index in [1.807, 2.05) is 6.92 Å². The normalized spacial score (nSPS) is 21.5. The summed E-state index contributed by atoms with van der Waals surface area (Å²) in [6.07, 6.45) is 2.48. The van der Waals surface area contributed by atoms with Gasteiger partial charge in [0.15, 0.2) is 0 Å². The highest BCUT2D eigenvalue weighted by atomic mass is 17.2. The average Bonchev–Trinajstić information content (AvgIpc) is 2.09. The van der Waals surface area contributed by atoms with Crippen molar-refractivity contribution in [3.8, 4) is 0 Å². The fraction of sp³-hybridized carbons (Fsp3) is 1.00. The first kappa shape index (κ1) is 9.96. The SMILES string of the molecule is CCOOCC1CCN(C)CC1. The smallest absolute Gasteiger partial charge is 0.0851 e. The zero-order chi connectivity index (χ0) is 8.81. The molecule has 0 N–H and O–H groups in total. The molecule has 1 aliphatic heterocycles. The van der Waals surface area contributed by atoms with E-state index >= 15 is 0 Å². The summed E-state index contributed by atoms with van der Waals surface area (Å²) in [5.74, 6) is 0.702. The Kier molecular flexibility index (Phi) is 4.58. The molecule has 0 atom stereocenters. The molecule has 0 radical (unpaired) electrons. The van der Waals surface area contributed by atoms with E-state index in [0.29, 0.717) is 12.5 Å². The molecule has 1 fully saturated rings. The van der Waals surface area contributed by atoms with Crippen molar-refractivity contribution < 1.29 is 9.78 Å². The van der Waals surface area contributed by atoms with Gasteiger partial charge < -0.3 is 4.90 Å². The monoisotopic (exact) mass is 173 g/mol. The maximum Gasteiger partial charge on any atom is 0.0851 e. The highest BCUT2D eigenvalue weighted by Gasteiger charge is 2.16. The minimum absolute atomic E-state index is 0.645. The van der Waals surface area contributed by atoms with Gasteiger partial charge in [0.25, 0.3) is 0 Å². The van der Waals surface area contributed by atoms with Gasteiger partial charge >= 0.3 is 0 Å². The van der Waals surface area contributed by atoms with Crippen LogP contribution in [0.1, 0.15) is 19.8 Å². The molecule has 3 nitrogen and oxygen atoms in total. The number of rotatable bonds is 4. The second-order valence-electron chi connectivity index (χ2n) is 3.44. The van der Waals surface area contributed by atoms with Crippen LogP contribution in [-0.2, 0) is 9.78 Å². The lowest BCUT2D eigenvalue weighted by Crippen LogP contribution is -2.31. The Labute approximate surface area is 74.6 Å². The molecule has 3 heteroatoms.